The van der Waals surface area contributed by atoms with Crippen molar-refractivity contribution in [1.29, 1.82) is 0 Å². The Morgan fingerprint density at radius 1 is 1.00 bits per heavy atom. The molecule has 1 rings (SSSR count). The van der Waals surface area contributed by atoms with Gasteiger partial charge in [-0.25, -0.2) is 9.97 Å². The zero-order chi connectivity index (χ0) is 11.6. The Labute approximate surface area is 86.5 Å². The van der Waals surface area contributed by atoms with E-state index in [1.54, 1.807) is 0 Å². The van der Waals surface area contributed by atoms with Crippen molar-refractivity contribution in [2.24, 2.45) is 0 Å². The van der Waals surface area contributed by atoms with E-state index < -0.39 is 0 Å². The van der Waals surface area contributed by atoms with Gasteiger partial charge in [0.1, 0.15) is 5.69 Å². The van der Waals surface area contributed by atoms with E-state index in [9.17, 15) is 14.4 Å². The minimum atomic E-state index is -0.356. The van der Waals surface area contributed by atoms with E-state index in [0.717, 1.165) is 0 Å². The van der Waals surface area contributed by atoms with Crippen molar-refractivity contribution in [2.45, 2.75) is 20.8 Å². The van der Waals surface area contributed by atoms with E-state index in [4.69, 9.17) is 0 Å². The smallest absolute Gasteiger partial charge is 0.196 e. The van der Waals surface area contributed by atoms with Gasteiger partial charge in [-0.2, -0.15) is 0 Å². The average Bonchev–Trinajstić information content (AvgIpc) is 2.16. The van der Waals surface area contributed by atoms with Crippen molar-refractivity contribution in [3.05, 3.63) is 23.3 Å². The van der Waals surface area contributed by atoms with Gasteiger partial charge in [0.2, 0.25) is 0 Å². The first kappa shape index (κ1) is 11.2. The van der Waals surface area contributed by atoms with Crippen LogP contribution in [0.25, 0.3) is 0 Å². The van der Waals surface area contributed by atoms with Gasteiger partial charge in [-0.05, 0) is 6.92 Å². The molecule has 0 aromatic carbocycles. The standard InChI is InChI=1S/C10H10N2O3/c1-5(13)8-4-11-10(7(3)15)12-9(8)6(2)14/h4H,1-3H3. The van der Waals surface area contributed by atoms with Gasteiger partial charge in [0.25, 0.3) is 0 Å². The highest BCUT2D eigenvalue weighted by Crippen LogP contribution is 2.07. The molecule has 0 spiro atoms. The minimum Gasteiger partial charge on any atom is -0.294 e. The largest absolute Gasteiger partial charge is 0.294 e. The van der Waals surface area contributed by atoms with Crippen LogP contribution in [0.4, 0.5) is 0 Å². The molecule has 0 aliphatic carbocycles. The van der Waals surface area contributed by atoms with Crippen LogP contribution in [-0.2, 0) is 0 Å². The quantitative estimate of drug-likeness (QED) is 0.691. The molecule has 0 saturated heterocycles. The predicted octanol–water partition coefficient (Wildman–Crippen LogP) is 1.08. The first-order valence-corrected chi connectivity index (χ1v) is 4.33. The van der Waals surface area contributed by atoms with Crippen LogP contribution < -0.4 is 0 Å². The Balaban J connectivity index is 3.40. The van der Waals surface area contributed by atoms with Crippen LogP contribution in [-0.4, -0.2) is 27.3 Å². The number of carbonyl (C=O) groups excluding carboxylic acids is 3. The van der Waals surface area contributed by atoms with Crippen molar-refractivity contribution in [3.63, 3.8) is 0 Å². The first-order chi connectivity index (χ1) is 6.93. The third-order valence-corrected chi connectivity index (χ3v) is 1.82. The molecular formula is C10H10N2O3. The van der Waals surface area contributed by atoms with E-state index in [0.29, 0.717) is 0 Å². The highest BCUT2D eigenvalue weighted by Gasteiger charge is 2.16. The van der Waals surface area contributed by atoms with Crippen molar-refractivity contribution in [2.75, 3.05) is 0 Å². The lowest BCUT2D eigenvalue weighted by atomic mass is 10.1. The summed E-state index contributed by atoms with van der Waals surface area (Å²) in [5.74, 6) is -1.04. The Kier molecular flexibility index (Phi) is 3.04. The Morgan fingerprint density at radius 3 is 2.00 bits per heavy atom. The molecule has 0 unspecified atom stereocenters. The molecule has 0 bridgehead atoms. The topological polar surface area (TPSA) is 77.0 Å². The summed E-state index contributed by atoms with van der Waals surface area (Å²) in [5.41, 5.74) is 0.148. The van der Waals surface area contributed by atoms with Crippen LogP contribution in [0, 0.1) is 0 Å². The highest BCUT2D eigenvalue weighted by molar-refractivity contribution is 6.06. The van der Waals surface area contributed by atoms with Gasteiger partial charge in [-0.3, -0.25) is 14.4 Å². The summed E-state index contributed by atoms with van der Waals surface area (Å²) in [7, 11) is 0. The van der Waals surface area contributed by atoms with E-state index in [-0.39, 0.29) is 34.4 Å². The van der Waals surface area contributed by atoms with Gasteiger partial charge in [0.15, 0.2) is 23.2 Å². The third kappa shape index (κ3) is 2.31. The van der Waals surface area contributed by atoms with E-state index in [1.165, 1.54) is 27.0 Å². The second-order valence-electron chi connectivity index (χ2n) is 3.12. The number of aromatic nitrogens is 2. The number of carbonyl (C=O) groups is 3. The maximum absolute atomic E-state index is 11.2. The number of nitrogens with zero attached hydrogens (tertiary/aromatic N) is 2. The molecule has 1 aromatic heterocycles. The Bertz CT molecular complexity index is 452. The SMILES string of the molecule is CC(=O)c1ncc(C(C)=O)c(C(C)=O)n1. The molecule has 1 heterocycles. The summed E-state index contributed by atoms with van der Waals surface area (Å²) in [4.78, 5) is 40.8. The maximum Gasteiger partial charge on any atom is 0.196 e. The summed E-state index contributed by atoms with van der Waals surface area (Å²) in [6.45, 7) is 3.91. The summed E-state index contributed by atoms with van der Waals surface area (Å²) < 4.78 is 0. The molecule has 0 N–H and O–H groups in total. The molecule has 0 aliphatic rings. The highest BCUT2D eigenvalue weighted by atomic mass is 16.1. The molecule has 0 amide bonds. The van der Waals surface area contributed by atoms with E-state index >= 15 is 0 Å². The fourth-order valence-electron chi connectivity index (χ4n) is 1.08. The van der Waals surface area contributed by atoms with Crippen LogP contribution in [0.5, 0.6) is 0 Å². The molecule has 0 fully saturated rings. The second kappa shape index (κ2) is 4.08. The molecule has 0 aliphatic heterocycles. The summed E-state index contributed by atoms with van der Waals surface area (Å²) in [6, 6.07) is 0. The van der Waals surface area contributed by atoms with Crippen LogP contribution >= 0.6 is 0 Å². The molecule has 5 heteroatoms. The van der Waals surface area contributed by atoms with E-state index in [2.05, 4.69) is 9.97 Å². The molecule has 0 saturated carbocycles. The van der Waals surface area contributed by atoms with Crippen molar-refractivity contribution in [3.8, 4) is 0 Å². The third-order valence-electron chi connectivity index (χ3n) is 1.82. The number of hydrogen-bond donors (Lipinski definition) is 0. The lowest BCUT2D eigenvalue weighted by Gasteiger charge is -2.02. The number of ketones is 3. The Hall–Kier alpha value is -1.91. The molecular weight excluding hydrogens is 196 g/mol. The van der Waals surface area contributed by atoms with Gasteiger partial charge < -0.3 is 0 Å². The van der Waals surface area contributed by atoms with Gasteiger partial charge in [-0.1, -0.05) is 0 Å². The zero-order valence-corrected chi connectivity index (χ0v) is 8.70. The van der Waals surface area contributed by atoms with Gasteiger partial charge in [0.05, 0.1) is 5.56 Å². The molecule has 15 heavy (non-hydrogen) atoms. The number of hydrogen-bond acceptors (Lipinski definition) is 5. The lowest BCUT2D eigenvalue weighted by molar-refractivity contribution is 0.0971. The van der Waals surface area contributed by atoms with Gasteiger partial charge in [-0.15, -0.1) is 0 Å². The van der Waals surface area contributed by atoms with Gasteiger partial charge in [0, 0.05) is 20.0 Å². The van der Waals surface area contributed by atoms with Crippen molar-refractivity contribution >= 4 is 17.3 Å². The molecule has 78 valence electrons. The second-order valence-corrected chi connectivity index (χ2v) is 3.12. The normalized spacial score (nSPS) is 9.80. The molecule has 0 radical (unpaired) electrons. The molecule has 5 nitrogen and oxygen atoms in total. The van der Waals surface area contributed by atoms with Crippen molar-refractivity contribution in [1.82, 2.24) is 9.97 Å². The molecule has 0 atom stereocenters. The van der Waals surface area contributed by atoms with Crippen LogP contribution in [0.15, 0.2) is 6.20 Å². The fourth-order valence-corrected chi connectivity index (χ4v) is 1.08. The Morgan fingerprint density at radius 2 is 1.60 bits per heavy atom. The summed E-state index contributed by atoms with van der Waals surface area (Å²) in [6.07, 6.45) is 1.21. The monoisotopic (exact) mass is 206 g/mol. The maximum atomic E-state index is 11.2. The van der Waals surface area contributed by atoms with Crippen LogP contribution in [0.1, 0.15) is 52.2 Å². The lowest BCUT2D eigenvalue weighted by Crippen LogP contribution is -2.12. The molecule has 1 aromatic rings. The zero-order valence-electron chi connectivity index (χ0n) is 8.70. The number of rotatable bonds is 3. The van der Waals surface area contributed by atoms with Crippen LogP contribution in [0.3, 0.4) is 0 Å². The van der Waals surface area contributed by atoms with Gasteiger partial charge >= 0.3 is 0 Å². The van der Waals surface area contributed by atoms with Crippen molar-refractivity contribution < 1.29 is 14.4 Å². The van der Waals surface area contributed by atoms with Crippen LogP contribution in [0.2, 0.25) is 0 Å². The predicted molar refractivity (Wildman–Crippen MR) is 52.0 cm³/mol. The van der Waals surface area contributed by atoms with E-state index in [1.807, 2.05) is 0 Å². The minimum absolute atomic E-state index is 0.00250. The first-order valence-electron chi connectivity index (χ1n) is 4.33. The fraction of sp³-hybridized carbons (Fsp3) is 0.300. The number of Topliss-reactive ketones (excluding diaryl/α,β-unsaturated/α-hetero) is 3. The summed E-state index contributed by atoms with van der Waals surface area (Å²) >= 11 is 0. The average molecular weight is 206 g/mol. The summed E-state index contributed by atoms with van der Waals surface area (Å²) in [5, 5.41) is 0.